The number of H-pyrrole nitrogens is 1. The van der Waals surface area contributed by atoms with Crippen molar-refractivity contribution in [3.05, 3.63) is 40.4 Å². The van der Waals surface area contributed by atoms with Crippen molar-refractivity contribution in [2.24, 2.45) is 5.92 Å². The first-order chi connectivity index (χ1) is 11.1. The van der Waals surface area contributed by atoms with E-state index in [0.29, 0.717) is 29.7 Å². The van der Waals surface area contributed by atoms with Gasteiger partial charge in [0.25, 0.3) is 5.56 Å². The average molecular weight is 314 g/mol. The number of nitrogens with one attached hydrogen (secondary N) is 2. The van der Waals surface area contributed by atoms with E-state index in [2.05, 4.69) is 20.2 Å². The molecule has 2 aromatic rings. The molecule has 0 aliphatic carbocycles. The van der Waals surface area contributed by atoms with Crippen molar-refractivity contribution in [1.82, 2.24) is 20.2 Å². The molecule has 1 aliphatic heterocycles. The summed E-state index contributed by atoms with van der Waals surface area (Å²) in [6, 6.07) is 7.26. The third kappa shape index (κ3) is 3.76. The standard InChI is InChI=1S/C17H22N4O2/c1-21-10-4-5-12(11-21)16(22)18-9-8-15-19-14-7-3-2-6-13(14)17(23)20-15/h2-3,6-7,12H,4-5,8-11H2,1H3,(H,18,22)(H,19,20,23)/t12-/m0/s1. The van der Waals surface area contributed by atoms with Crippen molar-refractivity contribution < 1.29 is 4.79 Å². The molecule has 1 atom stereocenters. The minimum absolute atomic E-state index is 0.0670. The highest BCUT2D eigenvalue weighted by molar-refractivity contribution is 5.79. The number of nitrogens with zero attached hydrogens (tertiary/aromatic N) is 2. The predicted octanol–water partition coefficient (Wildman–Crippen LogP) is 0.924. The van der Waals surface area contributed by atoms with Crippen LogP contribution in [-0.4, -0.2) is 47.5 Å². The Balaban J connectivity index is 1.58. The maximum absolute atomic E-state index is 12.2. The normalized spacial score (nSPS) is 18.9. The van der Waals surface area contributed by atoms with E-state index in [4.69, 9.17) is 0 Å². The van der Waals surface area contributed by atoms with Gasteiger partial charge in [0.2, 0.25) is 5.91 Å². The second-order valence-electron chi connectivity index (χ2n) is 6.17. The Labute approximate surface area is 134 Å². The van der Waals surface area contributed by atoms with E-state index in [-0.39, 0.29) is 17.4 Å². The molecule has 23 heavy (non-hydrogen) atoms. The molecule has 6 nitrogen and oxygen atoms in total. The maximum Gasteiger partial charge on any atom is 0.258 e. The second-order valence-corrected chi connectivity index (χ2v) is 6.17. The van der Waals surface area contributed by atoms with Gasteiger partial charge in [0.05, 0.1) is 16.8 Å². The van der Waals surface area contributed by atoms with Crippen molar-refractivity contribution in [1.29, 1.82) is 0 Å². The van der Waals surface area contributed by atoms with Crippen LogP contribution in [0.4, 0.5) is 0 Å². The second kappa shape index (κ2) is 6.91. The van der Waals surface area contributed by atoms with E-state index in [1.807, 2.05) is 25.2 Å². The van der Waals surface area contributed by atoms with Gasteiger partial charge in [-0.1, -0.05) is 12.1 Å². The molecule has 1 aromatic heterocycles. The topological polar surface area (TPSA) is 78.1 Å². The van der Waals surface area contributed by atoms with Crippen LogP contribution < -0.4 is 10.9 Å². The molecular weight excluding hydrogens is 292 g/mol. The van der Waals surface area contributed by atoms with Crippen LogP contribution in [0.5, 0.6) is 0 Å². The first kappa shape index (κ1) is 15.7. The van der Waals surface area contributed by atoms with Crippen LogP contribution >= 0.6 is 0 Å². The van der Waals surface area contributed by atoms with Gasteiger partial charge in [-0.25, -0.2) is 4.98 Å². The van der Waals surface area contributed by atoms with E-state index >= 15 is 0 Å². The Morgan fingerprint density at radius 1 is 1.43 bits per heavy atom. The minimum atomic E-state index is -0.133. The number of carbonyl (C=O) groups excluding carboxylic acids is 1. The van der Waals surface area contributed by atoms with Gasteiger partial charge in [-0.2, -0.15) is 0 Å². The van der Waals surface area contributed by atoms with E-state index in [0.717, 1.165) is 25.9 Å². The fourth-order valence-corrected chi connectivity index (χ4v) is 3.08. The minimum Gasteiger partial charge on any atom is -0.355 e. The number of carbonyl (C=O) groups is 1. The molecule has 0 radical (unpaired) electrons. The van der Waals surface area contributed by atoms with E-state index < -0.39 is 0 Å². The molecule has 1 saturated heterocycles. The molecule has 3 rings (SSSR count). The summed E-state index contributed by atoms with van der Waals surface area (Å²) in [7, 11) is 2.04. The van der Waals surface area contributed by atoms with Crippen LogP contribution in [0.1, 0.15) is 18.7 Å². The lowest BCUT2D eigenvalue weighted by Crippen LogP contribution is -2.42. The van der Waals surface area contributed by atoms with Crippen LogP contribution in [0.2, 0.25) is 0 Å². The SMILES string of the molecule is CN1CCC[C@H](C(=O)NCCc2nc3ccccc3c(=O)[nH]2)C1. The van der Waals surface area contributed by atoms with Gasteiger partial charge < -0.3 is 15.2 Å². The van der Waals surface area contributed by atoms with Gasteiger partial charge in [0, 0.05) is 19.5 Å². The number of aromatic nitrogens is 2. The van der Waals surface area contributed by atoms with Gasteiger partial charge in [-0.05, 0) is 38.6 Å². The Bertz CT molecular complexity index is 756. The van der Waals surface area contributed by atoms with E-state index in [1.165, 1.54) is 0 Å². The highest BCUT2D eigenvalue weighted by Gasteiger charge is 2.23. The number of hydrogen-bond acceptors (Lipinski definition) is 4. The van der Waals surface area contributed by atoms with Crippen molar-refractivity contribution in [3.8, 4) is 0 Å². The first-order valence-corrected chi connectivity index (χ1v) is 8.07. The van der Waals surface area contributed by atoms with Crippen LogP contribution in [0.25, 0.3) is 10.9 Å². The lowest BCUT2D eigenvalue weighted by molar-refractivity contribution is -0.126. The largest absolute Gasteiger partial charge is 0.355 e. The summed E-state index contributed by atoms with van der Waals surface area (Å²) >= 11 is 0. The molecule has 0 saturated carbocycles. The summed E-state index contributed by atoms with van der Waals surface area (Å²) in [5.74, 6) is 0.770. The Hall–Kier alpha value is -2.21. The zero-order valence-corrected chi connectivity index (χ0v) is 13.3. The molecule has 0 unspecified atom stereocenters. The highest BCUT2D eigenvalue weighted by Crippen LogP contribution is 2.14. The summed E-state index contributed by atoms with van der Waals surface area (Å²) in [5.41, 5.74) is 0.553. The number of aromatic amines is 1. The summed E-state index contributed by atoms with van der Waals surface area (Å²) in [4.78, 5) is 33.6. The lowest BCUT2D eigenvalue weighted by Gasteiger charge is -2.28. The monoisotopic (exact) mass is 314 g/mol. The fourth-order valence-electron chi connectivity index (χ4n) is 3.08. The number of fused-ring (bicyclic) bond motifs is 1. The van der Waals surface area contributed by atoms with Crippen LogP contribution in [0.15, 0.2) is 29.1 Å². The van der Waals surface area contributed by atoms with Gasteiger partial charge in [-0.3, -0.25) is 9.59 Å². The Morgan fingerprint density at radius 2 is 2.26 bits per heavy atom. The van der Waals surface area contributed by atoms with Crippen LogP contribution in [0, 0.1) is 5.92 Å². The third-order valence-electron chi connectivity index (χ3n) is 4.32. The van der Waals surface area contributed by atoms with Crippen LogP contribution in [-0.2, 0) is 11.2 Å². The number of rotatable bonds is 4. The van der Waals surface area contributed by atoms with Crippen LogP contribution in [0.3, 0.4) is 0 Å². The molecule has 1 amide bonds. The number of likely N-dealkylation sites (tertiary alicyclic amines) is 1. The Kier molecular flexibility index (Phi) is 4.71. The number of amides is 1. The highest BCUT2D eigenvalue weighted by atomic mass is 16.2. The molecule has 6 heteroatoms. The molecule has 2 N–H and O–H groups in total. The zero-order chi connectivity index (χ0) is 16.2. The fraction of sp³-hybridized carbons (Fsp3) is 0.471. The number of piperidine rings is 1. The summed E-state index contributed by atoms with van der Waals surface area (Å²) in [6.45, 7) is 2.36. The summed E-state index contributed by atoms with van der Waals surface area (Å²) in [5, 5.41) is 3.55. The van der Waals surface area contributed by atoms with Gasteiger partial charge >= 0.3 is 0 Å². The Morgan fingerprint density at radius 3 is 3.09 bits per heavy atom. The average Bonchev–Trinajstić information content (AvgIpc) is 2.55. The predicted molar refractivity (Wildman–Crippen MR) is 89.3 cm³/mol. The lowest BCUT2D eigenvalue weighted by atomic mass is 9.97. The zero-order valence-electron chi connectivity index (χ0n) is 13.3. The van der Waals surface area contributed by atoms with Crippen molar-refractivity contribution in [2.75, 3.05) is 26.7 Å². The molecule has 0 spiro atoms. The molecule has 1 fully saturated rings. The summed E-state index contributed by atoms with van der Waals surface area (Å²) < 4.78 is 0. The summed E-state index contributed by atoms with van der Waals surface area (Å²) in [6.07, 6.45) is 2.53. The van der Waals surface area contributed by atoms with Crippen molar-refractivity contribution >= 4 is 16.8 Å². The smallest absolute Gasteiger partial charge is 0.258 e. The molecule has 0 bridgehead atoms. The maximum atomic E-state index is 12.2. The third-order valence-corrected chi connectivity index (χ3v) is 4.32. The molecule has 122 valence electrons. The van der Waals surface area contributed by atoms with Gasteiger partial charge in [0.1, 0.15) is 5.82 Å². The number of para-hydroxylation sites is 1. The molecule has 1 aromatic carbocycles. The van der Waals surface area contributed by atoms with Crippen molar-refractivity contribution in [3.63, 3.8) is 0 Å². The van der Waals surface area contributed by atoms with E-state index in [9.17, 15) is 9.59 Å². The molecule has 1 aliphatic rings. The van der Waals surface area contributed by atoms with Crippen molar-refractivity contribution in [2.45, 2.75) is 19.3 Å². The van der Waals surface area contributed by atoms with Gasteiger partial charge in [0.15, 0.2) is 0 Å². The number of hydrogen-bond donors (Lipinski definition) is 2. The molecule has 2 heterocycles. The van der Waals surface area contributed by atoms with E-state index in [1.54, 1.807) is 6.07 Å². The molecular formula is C17H22N4O2. The first-order valence-electron chi connectivity index (χ1n) is 8.07. The van der Waals surface area contributed by atoms with Gasteiger partial charge in [-0.15, -0.1) is 0 Å². The number of benzene rings is 1. The quantitative estimate of drug-likeness (QED) is 0.880.